The lowest BCUT2D eigenvalue weighted by Gasteiger charge is -2.52. The Morgan fingerprint density at radius 1 is 1.01 bits per heavy atom. The molecule has 89 heavy (non-hydrogen) atoms. The van der Waals surface area contributed by atoms with Crippen LogP contribution in [0.15, 0.2) is 66.8 Å². The number of anilines is 1. The van der Waals surface area contributed by atoms with E-state index in [2.05, 4.69) is 72.7 Å². The molecular weight excluding hydrogens is 1170 g/mol. The molecule has 13 rings (SSSR count). The number of fused-ring (bicyclic) bond motifs is 5. The number of piperidine rings is 1. The summed E-state index contributed by atoms with van der Waals surface area (Å²) < 4.78 is 36.1. The number of nitrogens with zero attached hydrogens (tertiary/aromatic N) is 8. The zero-order valence-electron chi connectivity index (χ0n) is 52.2. The first-order valence-corrected chi connectivity index (χ1v) is 33.5. The van der Waals surface area contributed by atoms with Gasteiger partial charge in [0.2, 0.25) is 17.7 Å². The van der Waals surface area contributed by atoms with Gasteiger partial charge in [-0.05, 0) is 131 Å². The fraction of sp³-hybridized carbons (Fsp3) is 0.515. The number of halogens is 2. The van der Waals surface area contributed by atoms with Gasteiger partial charge in [-0.3, -0.25) is 24.2 Å². The zero-order valence-corrected chi connectivity index (χ0v) is 53.8. The van der Waals surface area contributed by atoms with Crippen LogP contribution in [0.5, 0.6) is 6.01 Å². The van der Waals surface area contributed by atoms with Gasteiger partial charge < -0.3 is 40.5 Å². The number of rotatable bonds is 18. The number of benzene rings is 2. The SMILES string of the molecule is C#Cc1csc2cc3[nH]ncc3c(C(=C)c3sc4nc(OCC5CC5(F)F)nc(N5CC6CCC(C5)N6)c4c3/C=C\C)c12.CC.CCn1nccc1-c1ccc(C(CO)NC(=O)C2CCCN2C(=O)C(NC(=O)CC2CC3(CCN(C)CC3)C2)C(C)C)cc1. The van der Waals surface area contributed by atoms with Gasteiger partial charge in [0.05, 0.1) is 41.4 Å². The third-order valence-electron chi connectivity index (χ3n) is 19.0. The third kappa shape index (κ3) is 13.1. The molecule has 1 spiro atoms. The molecule has 2 aliphatic carbocycles. The van der Waals surface area contributed by atoms with Crippen molar-refractivity contribution in [2.45, 2.75) is 148 Å². The number of aromatic nitrogens is 6. The number of carbonyl (C=O) groups excluding carboxylic acids is 3. The highest BCUT2D eigenvalue weighted by molar-refractivity contribution is 7.20. The molecule has 5 N–H and O–H groups in total. The molecule has 4 aliphatic heterocycles. The summed E-state index contributed by atoms with van der Waals surface area (Å²) in [6.45, 7) is 21.3. The van der Waals surface area contributed by atoms with Gasteiger partial charge in [0.15, 0.2) is 0 Å². The van der Waals surface area contributed by atoms with E-state index in [4.69, 9.17) is 21.1 Å². The van der Waals surface area contributed by atoms with Gasteiger partial charge in [0, 0.05) is 99.7 Å². The minimum atomic E-state index is -2.67. The predicted molar refractivity (Wildman–Crippen MR) is 351 cm³/mol. The highest BCUT2D eigenvalue weighted by Gasteiger charge is 2.57. The van der Waals surface area contributed by atoms with Crippen molar-refractivity contribution in [3.05, 3.63) is 94.0 Å². The lowest BCUT2D eigenvalue weighted by atomic mass is 9.57. The Morgan fingerprint density at radius 3 is 2.40 bits per heavy atom. The average molecular weight is 1250 g/mol. The monoisotopic (exact) mass is 1250 g/mol. The molecule has 17 nitrogen and oxygen atoms in total. The molecule has 2 aromatic carbocycles. The van der Waals surface area contributed by atoms with Crippen LogP contribution in [0.3, 0.4) is 0 Å². The van der Waals surface area contributed by atoms with Crippen molar-refractivity contribution >= 4 is 89.1 Å². The highest BCUT2D eigenvalue weighted by atomic mass is 32.1. The summed E-state index contributed by atoms with van der Waals surface area (Å²) in [5.74, 6) is -0.128. The topological polar surface area (TPSA) is 199 Å². The Balaban J connectivity index is 0.000000179. The second kappa shape index (κ2) is 26.8. The van der Waals surface area contributed by atoms with Crippen molar-refractivity contribution < 1.29 is 33.0 Å². The van der Waals surface area contributed by atoms with Crippen LogP contribution < -0.4 is 25.6 Å². The van der Waals surface area contributed by atoms with Crippen molar-refractivity contribution in [2.75, 3.05) is 57.9 Å². The number of H-pyrrole nitrogens is 1. The van der Waals surface area contributed by atoms with E-state index in [1.165, 1.54) is 24.2 Å². The molecule has 3 amide bonds. The fourth-order valence-electron chi connectivity index (χ4n) is 14.1. The molecule has 472 valence electrons. The number of nitrogens with one attached hydrogen (secondary N) is 4. The first-order chi connectivity index (χ1) is 43.0. The van der Waals surface area contributed by atoms with Crippen LogP contribution >= 0.6 is 22.7 Å². The minimum absolute atomic E-state index is 0.0733. The van der Waals surface area contributed by atoms with E-state index in [1.807, 2.05) is 94.2 Å². The van der Waals surface area contributed by atoms with Crippen LogP contribution in [0.1, 0.15) is 139 Å². The normalized spacial score (nSPS) is 21.7. The van der Waals surface area contributed by atoms with Crippen LogP contribution in [-0.2, 0) is 20.9 Å². The van der Waals surface area contributed by atoms with Gasteiger partial charge in [-0.2, -0.15) is 20.2 Å². The minimum Gasteiger partial charge on any atom is -0.463 e. The standard InChI is InChI=1S/C34H50N6O4.C32H28F2N6OS2.C2H6/c1-5-40-28(12-15-35-40)26-10-8-25(9-11-26)27(22-41)36-32(43)29-7-6-16-39(29)33(44)31(23(2)3)37-30(42)19-24-20-34(21-24)13-17-38(4)18-14-34;1-4-6-21-27-29(40-12-19-7-8-20(13-40)36-19)37-31(41-14-18-10-32(18,33)34)38-30(27)43-28(21)16(3)25-22-11-35-39-23(22)9-24-26(25)17(5-2)15-42-24;1-2/h8-12,15,23-24,27,29,31,41H,5-7,13-14,16-22H2,1-4H3,(H,36,43)(H,37,42);2,4,6,9,11,15,18-20,36H,3,7-8,10,12-14H2,1H3,(H,35,39);1-2H3/b;6-4-;. The molecule has 7 aromatic rings. The quantitative estimate of drug-likeness (QED) is 0.0510. The Labute approximate surface area is 528 Å². The van der Waals surface area contributed by atoms with Crippen LogP contribution in [-0.4, -0.2) is 146 Å². The molecular formula is C68H84F2N12O5S2. The van der Waals surface area contributed by atoms with E-state index < -0.39 is 30.0 Å². The van der Waals surface area contributed by atoms with Gasteiger partial charge in [-0.25, -0.2) is 8.78 Å². The van der Waals surface area contributed by atoms with Crippen molar-refractivity contribution in [3.8, 4) is 29.6 Å². The number of aromatic amines is 1. The number of hydrogen-bond acceptors (Lipinski definition) is 14. The Hall–Kier alpha value is -7.09. The van der Waals surface area contributed by atoms with Crippen LogP contribution in [0.2, 0.25) is 0 Å². The lowest BCUT2D eigenvalue weighted by molar-refractivity contribution is -0.143. The molecule has 21 heteroatoms. The van der Waals surface area contributed by atoms with E-state index in [0.717, 1.165) is 139 Å². The molecule has 9 heterocycles. The number of terminal acetylenes is 1. The number of hydrogen-bond donors (Lipinski definition) is 5. The van der Waals surface area contributed by atoms with E-state index in [0.29, 0.717) is 49.2 Å². The van der Waals surface area contributed by atoms with E-state index in [1.54, 1.807) is 22.4 Å². The van der Waals surface area contributed by atoms with Gasteiger partial charge in [0.1, 0.15) is 29.3 Å². The Kier molecular flexibility index (Phi) is 19.1. The summed E-state index contributed by atoms with van der Waals surface area (Å²) in [6.07, 6.45) is 22.0. The number of thiophene rings is 2. The number of allylic oxidation sites excluding steroid dienone is 1. The number of ether oxygens (including phenoxy) is 1. The molecule has 6 atom stereocenters. The third-order valence-corrected chi connectivity index (χ3v) is 21.0. The molecule has 2 bridgehead atoms. The maximum absolute atomic E-state index is 13.8. The van der Waals surface area contributed by atoms with Crippen molar-refractivity contribution in [1.29, 1.82) is 0 Å². The number of aliphatic hydroxyl groups is 1. The lowest BCUT2D eigenvalue weighted by Crippen LogP contribution is -2.56. The predicted octanol–water partition coefficient (Wildman–Crippen LogP) is 11.2. The van der Waals surface area contributed by atoms with Crippen LogP contribution in [0.25, 0.3) is 54.1 Å². The summed E-state index contributed by atoms with van der Waals surface area (Å²) in [4.78, 5) is 58.0. The number of piperazine rings is 1. The number of aliphatic hydroxyl groups excluding tert-OH is 1. The van der Waals surface area contributed by atoms with Crippen molar-refractivity contribution in [2.24, 2.45) is 23.2 Å². The zero-order chi connectivity index (χ0) is 62.9. The van der Waals surface area contributed by atoms with E-state index >= 15 is 0 Å². The number of carbonyl (C=O) groups is 3. The van der Waals surface area contributed by atoms with Gasteiger partial charge in [-0.15, -0.1) is 29.1 Å². The maximum atomic E-state index is 13.8. The molecule has 6 unspecified atom stereocenters. The van der Waals surface area contributed by atoms with Gasteiger partial charge in [0.25, 0.3) is 5.92 Å². The number of likely N-dealkylation sites (tertiary alicyclic amines) is 2. The van der Waals surface area contributed by atoms with Gasteiger partial charge in [-0.1, -0.05) is 76.6 Å². The molecule has 0 radical (unpaired) electrons. The largest absolute Gasteiger partial charge is 0.463 e. The van der Waals surface area contributed by atoms with E-state index in [9.17, 15) is 28.3 Å². The molecule has 5 aromatic heterocycles. The number of amides is 3. The maximum Gasteiger partial charge on any atom is 0.319 e. The summed E-state index contributed by atoms with van der Waals surface area (Å²) in [7, 11) is 2.17. The fourth-order valence-corrected chi connectivity index (χ4v) is 16.2. The second-order valence-corrected chi connectivity index (χ2v) is 27.2. The Morgan fingerprint density at radius 2 is 1.74 bits per heavy atom. The van der Waals surface area contributed by atoms with Crippen LogP contribution in [0.4, 0.5) is 14.6 Å². The summed E-state index contributed by atoms with van der Waals surface area (Å²) in [5, 5.41) is 36.5. The first-order valence-electron chi connectivity index (χ1n) is 31.8. The number of alkyl halides is 2. The molecule has 6 aliphatic rings. The molecule has 2 saturated carbocycles. The summed E-state index contributed by atoms with van der Waals surface area (Å²) >= 11 is 3.11. The molecule has 4 saturated heterocycles. The first kappa shape index (κ1) is 63.5. The average Bonchev–Trinajstić information content (AvgIpc) is 1.68. The summed E-state index contributed by atoms with van der Waals surface area (Å²) in [6, 6.07) is 10.8. The van der Waals surface area contributed by atoms with Crippen molar-refractivity contribution in [3.63, 3.8) is 0 Å². The van der Waals surface area contributed by atoms with E-state index in [-0.39, 0.29) is 49.3 Å². The molecule has 6 fully saturated rings. The second-order valence-electron chi connectivity index (χ2n) is 25.3. The highest BCUT2D eigenvalue weighted by Crippen LogP contribution is 2.54. The van der Waals surface area contributed by atoms with Gasteiger partial charge >= 0.3 is 6.01 Å². The summed E-state index contributed by atoms with van der Waals surface area (Å²) in [5.41, 5.74) is 7.66. The Bertz CT molecular complexity index is 3780. The number of aryl methyl sites for hydroxylation is 1. The van der Waals surface area contributed by atoms with Crippen molar-refractivity contribution in [1.82, 2.24) is 55.7 Å². The van der Waals surface area contributed by atoms with Crippen LogP contribution in [0, 0.1) is 35.5 Å². The smallest absolute Gasteiger partial charge is 0.319 e.